The number of carbonyl (C=O) groups excluding carboxylic acids is 2. The molecule has 2 aliphatic rings. The Labute approximate surface area is 135 Å². The third-order valence-electron chi connectivity index (χ3n) is 4.14. The van der Waals surface area contributed by atoms with E-state index in [1.165, 1.54) is 0 Å². The van der Waals surface area contributed by atoms with Crippen molar-refractivity contribution in [2.24, 2.45) is 5.92 Å². The first-order chi connectivity index (χ1) is 10.8. The number of ether oxygens (including phenoxy) is 1. The number of urea groups is 2. The van der Waals surface area contributed by atoms with Crippen molar-refractivity contribution in [3.8, 4) is 0 Å². The molecule has 1 atom stereocenters. The highest BCUT2D eigenvalue weighted by atomic mass is 32.2. The van der Waals surface area contributed by atoms with Gasteiger partial charge < -0.3 is 15.2 Å². The van der Waals surface area contributed by atoms with Gasteiger partial charge in [0.1, 0.15) is 0 Å². The van der Waals surface area contributed by atoms with Gasteiger partial charge >= 0.3 is 12.1 Å². The quantitative estimate of drug-likeness (QED) is 0.696. The number of nitrogens with one attached hydrogen (secondary N) is 1. The third-order valence-corrected chi connectivity index (χ3v) is 5.28. The highest BCUT2D eigenvalue weighted by molar-refractivity contribution is 7.88. The minimum absolute atomic E-state index is 0.0280. The van der Waals surface area contributed by atoms with Gasteiger partial charge in [-0.25, -0.2) is 27.2 Å². The minimum atomic E-state index is -3.66. The van der Waals surface area contributed by atoms with E-state index >= 15 is 0 Å². The fourth-order valence-corrected chi connectivity index (χ4v) is 3.57. The van der Waals surface area contributed by atoms with E-state index in [4.69, 9.17) is 4.74 Å². The van der Waals surface area contributed by atoms with Crippen LogP contribution >= 0.6 is 0 Å². The molecular formula is C13H23N3O6S. The van der Waals surface area contributed by atoms with Crippen LogP contribution in [0.2, 0.25) is 0 Å². The summed E-state index contributed by atoms with van der Waals surface area (Å²) >= 11 is 0. The van der Waals surface area contributed by atoms with E-state index in [0.29, 0.717) is 23.9 Å². The maximum absolute atomic E-state index is 12.0. The lowest BCUT2D eigenvalue weighted by molar-refractivity contribution is 0.00540. The van der Waals surface area contributed by atoms with Gasteiger partial charge in [-0.15, -0.1) is 0 Å². The molecule has 2 N–H and O–H groups in total. The van der Waals surface area contributed by atoms with E-state index < -0.39 is 28.2 Å². The Morgan fingerprint density at radius 1 is 1.39 bits per heavy atom. The van der Waals surface area contributed by atoms with Crippen LogP contribution < -0.4 is 5.32 Å². The van der Waals surface area contributed by atoms with Crippen molar-refractivity contribution in [2.75, 3.05) is 39.1 Å². The zero-order valence-corrected chi connectivity index (χ0v) is 13.9. The zero-order chi connectivity index (χ0) is 17.0. The van der Waals surface area contributed by atoms with Crippen LogP contribution in [0.3, 0.4) is 0 Å². The normalized spacial score (nSPS) is 21.6. The van der Waals surface area contributed by atoms with Crippen molar-refractivity contribution in [1.82, 2.24) is 14.5 Å². The maximum atomic E-state index is 12.0. The summed E-state index contributed by atoms with van der Waals surface area (Å²) in [4.78, 5) is 24.7. The van der Waals surface area contributed by atoms with Gasteiger partial charge in [0.2, 0.25) is 10.0 Å². The van der Waals surface area contributed by atoms with Crippen molar-refractivity contribution in [3.05, 3.63) is 0 Å². The molecule has 0 aromatic carbocycles. The smallest absolute Gasteiger partial charge is 0.341 e. The molecule has 0 aliphatic carbocycles. The molecule has 132 valence electrons. The fraction of sp³-hybridized carbons (Fsp3) is 0.846. The molecule has 9 nitrogen and oxygen atoms in total. The van der Waals surface area contributed by atoms with Crippen molar-refractivity contribution in [1.29, 1.82) is 0 Å². The summed E-state index contributed by atoms with van der Waals surface area (Å²) in [6.45, 7) is 1.49. The largest absolute Gasteiger partial charge is 0.393 e. The Morgan fingerprint density at radius 3 is 2.61 bits per heavy atom. The highest BCUT2D eigenvalue weighted by Crippen LogP contribution is 2.20. The van der Waals surface area contributed by atoms with Crippen LogP contribution in [-0.4, -0.2) is 80.0 Å². The summed E-state index contributed by atoms with van der Waals surface area (Å²) in [6.07, 6.45) is 2.37. The van der Waals surface area contributed by atoms with Crippen LogP contribution in [0.15, 0.2) is 0 Å². The summed E-state index contributed by atoms with van der Waals surface area (Å²) in [7, 11) is -3.66. The van der Waals surface area contributed by atoms with Gasteiger partial charge in [-0.05, 0) is 25.2 Å². The number of aliphatic hydroxyl groups is 1. The summed E-state index contributed by atoms with van der Waals surface area (Å²) in [6, 6.07) is -1.48. The fourth-order valence-electron chi connectivity index (χ4n) is 2.77. The second-order valence-corrected chi connectivity index (χ2v) is 7.71. The zero-order valence-electron chi connectivity index (χ0n) is 13.1. The second kappa shape index (κ2) is 7.45. The number of carbonyl (C=O) groups is 2. The Bertz CT molecular complexity index is 546. The molecule has 23 heavy (non-hydrogen) atoms. The van der Waals surface area contributed by atoms with E-state index in [9.17, 15) is 23.1 Å². The minimum Gasteiger partial charge on any atom is -0.393 e. The molecule has 0 aromatic rings. The summed E-state index contributed by atoms with van der Waals surface area (Å²) in [5.41, 5.74) is 0. The van der Waals surface area contributed by atoms with E-state index in [-0.39, 0.29) is 25.6 Å². The number of rotatable bonds is 5. The van der Waals surface area contributed by atoms with Crippen molar-refractivity contribution in [3.63, 3.8) is 0 Å². The van der Waals surface area contributed by atoms with Crippen molar-refractivity contribution >= 4 is 22.1 Å². The molecular weight excluding hydrogens is 326 g/mol. The molecule has 2 saturated heterocycles. The van der Waals surface area contributed by atoms with Gasteiger partial charge in [0, 0.05) is 19.8 Å². The SMILES string of the molecule is CS(=O)(=O)N1CCN(C(=O)NCC[C@@H](O)C2CCOCC2)C1=O. The lowest BCUT2D eigenvalue weighted by Gasteiger charge is -2.26. The molecule has 4 amide bonds. The summed E-state index contributed by atoms with van der Waals surface area (Å²) in [5, 5.41) is 12.6. The standard InChI is InChI=1S/C13H23N3O6S/c1-23(20,21)16-7-6-15(13(16)19)12(18)14-5-2-11(17)10-3-8-22-9-4-10/h10-11,17H,2-9H2,1H3,(H,14,18)/t11-/m1/s1. The van der Waals surface area contributed by atoms with Gasteiger partial charge in [0.15, 0.2) is 0 Å². The maximum Gasteiger partial charge on any atom is 0.341 e. The van der Waals surface area contributed by atoms with Crippen molar-refractivity contribution < 1.29 is 27.9 Å². The van der Waals surface area contributed by atoms with Gasteiger partial charge in [-0.1, -0.05) is 0 Å². The van der Waals surface area contributed by atoms with Gasteiger partial charge in [-0.3, -0.25) is 0 Å². The van der Waals surface area contributed by atoms with Gasteiger partial charge in [-0.2, -0.15) is 0 Å². The monoisotopic (exact) mass is 349 g/mol. The molecule has 0 bridgehead atoms. The highest BCUT2D eigenvalue weighted by Gasteiger charge is 2.38. The molecule has 0 saturated carbocycles. The Hall–Kier alpha value is -1.39. The molecule has 0 aromatic heterocycles. The number of hydrogen-bond donors (Lipinski definition) is 2. The number of hydrogen-bond acceptors (Lipinski definition) is 6. The lowest BCUT2D eigenvalue weighted by Crippen LogP contribution is -2.44. The number of sulfonamides is 1. The number of amides is 4. The van der Waals surface area contributed by atoms with Gasteiger partial charge in [0.25, 0.3) is 0 Å². The van der Waals surface area contributed by atoms with Crippen LogP contribution in [0.4, 0.5) is 9.59 Å². The van der Waals surface area contributed by atoms with Crippen LogP contribution in [-0.2, 0) is 14.8 Å². The van der Waals surface area contributed by atoms with E-state index in [0.717, 1.165) is 24.0 Å². The number of nitrogens with zero attached hydrogens (tertiary/aromatic N) is 2. The van der Waals surface area contributed by atoms with E-state index in [2.05, 4.69) is 5.32 Å². The molecule has 0 spiro atoms. The number of aliphatic hydroxyl groups excluding tert-OH is 1. The molecule has 2 fully saturated rings. The topological polar surface area (TPSA) is 116 Å². The number of imide groups is 1. The lowest BCUT2D eigenvalue weighted by atomic mass is 9.92. The predicted molar refractivity (Wildman–Crippen MR) is 81.2 cm³/mol. The first kappa shape index (κ1) is 18.0. The molecule has 2 aliphatic heterocycles. The first-order valence-corrected chi connectivity index (χ1v) is 9.48. The van der Waals surface area contributed by atoms with Gasteiger partial charge in [0.05, 0.1) is 25.4 Å². The van der Waals surface area contributed by atoms with Crippen LogP contribution in [0.1, 0.15) is 19.3 Å². The Kier molecular flexibility index (Phi) is 5.82. The third kappa shape index (κ3) is 4.55. The summed E-state index contributed by atoms with van der Waals surface area (Å²) < 4.78 is 28.7. The molecule has 2 heterocycles. The summed E-state index contributed by atoms with van der Waals surface area (Å²) in [5.74, 6) is 0.162. The first-order valence-electron chi connectivity index (χ1n) is 7.63. The average Bonchev–Trinajstić information content (AvgIpc) is 2.89. The van der Waals surface area contributed by atoms with Crippen molar-refractivity contribution in [2.45, 2.75) is 25.4 Å². The molecule has 0 unspecified atom stereocenters. The molecule has 0 radical (unpaired) electrons. The predicted octanol–water partition coefficient (Wildman–Crippen LogP) is -0.429. The van der Waals surface area contributed by atoms with E-state index in [1.54, 1.807) is 0 Å². The van der Waals surface area contributed by atoms with Crippen LogP contribution in [0.5, 0.6) is 0 Å². The Balaban J connectivity index is 1.76. The second-order valence-electron chi connectivity index (χ2n) is 5.81. The van der Waals surface area contributed by atoms with Crippen LogP contribution in [0.25, 0.3) is 0 Å². The Morgan fingerprint density at radius 2 is 2.04 bits per heavy atom. The average molecular weight is 349 g/mol. The molecule has 2 rings (SSSR count). The van der Waals surface area contributed by atoms with E-state index in [1.807, 2.05) is 0 Å². The van der Waals surface area contributed by atoms with Crippen LogP contribution in [0, 0.1) is 5.92 Å². The molecule has 10 heteroatoms.